The lowest BCUT2D eigenvalue weighted by atomic mass is 9.81. The fourth-order valence-corrected chi connectivity index (χ4v) is 16.6. The summed E-state index contributed by atoms with van der Waals surface area (Å²) in [5.74, 6) is 3.94. The normalized spacial score (nSPS) is 14.6. The molecule has 0 aromatic carbocycles. The number of unbranched alkanes of at least 4 members (excludes halogenated alkanes) is 18. The zero-order valence-corrected chi connectivity index (χ0v) is 50.4. The minimum Gasteiger partial charge on any atom is -0.482 e. The van der Waals surface area contributed by atoms with Gasteiger partial charge < -0.3 is 9.47 Å². The van der Waals surface area contributed by atoms with Crippen LogP contribution >= 0.6 is 57.1 Å². The molecule has 0 fully saturated rings. The quantitative estimate of drug-likeness (QED) is 0.0421. The van der Waals surface area contributed by atoms with Crippen LogP contribution < -0.4 is 9.47 Å². The lowest BCUT2D eigenvalue weighted by Crippen LogP contribution is -2.35. The molecular weight excluding hydrogens is 979 g/mol. The van der Waals surface area contributed by atoms with Gasteiger partial charge in [0.1, 0.15) is 33.7 Å². The van der Waals surface area contributed by atoms with Gasteiger partial charge in [0.05, 0.1) is 36.9 Å². The Morgan fingerprint density at radius 2 is 1.01 bits per heavy atom. The van der Waals surface area contributed by atoms with E-state index < -0.39 is 0 Å². The second kappa shape index (κ2) is 27.9. The first-order valence-electron chi connectivity index (χ1n) is 28.9. The van der Waals surface area contributed by atoms with Gasteiger partial charge in [-0.25, -0.2) is 0 Å². The first-order valence-corrected chi connectivity index (χ1v) is 32.9. The number of aromatic nitrogens is 3. The summed E-state index contributed by atoms with van der Waals surface area (Å²) in [5.41, 5.74) is 5.85. The minimum absolute atomic E-state index is 0.360. The molecular formula is C62H91N3O2S5. The second-order valence-electron chi connectivity index (χ2n) is 22.6. The summed E-state index contributed by atoms with van der Waals surface area (Å²) in [4.78, 5) is 15.2. The molecule has 0 amide bonds. The van der Waals surface area contributed by atoms with E-state index in [0.717, 1.165) is 58.5 Å². The Morgan fingerprint density at radius 3 is 1.62 bits per heavy atom. The van der Waals surface area contributed by atoms with Gasteiger partial charge in [0.15, 0.2) is 0 Å². The Bertz CT molecular complexity index is 2530. The molecule has 6 aromatic rings. The van der Waals surface area contributed by atoms with Crippen LogP contribution in [0.3, 0.4) is 0 Å². The number of fused-ring (bicyclic) bond motifs is 7. The van der Waals surface area contributed by atoms with Crippen LogP contribution in [0.4, 0.5) is 0 Å². The van der Waals surface area contributed by atoms with Gasteiger partial charge in [0, 0.05) is 48.5 Å². The average Bonchev–Trinajstić information content (AvgIpc) is 4.21. The maximum Gasteiger partial charge on any atom is 0.140 e. The molecule has 396 valence electrons. The van der Waals surface area contributed by atoms with E-state index in [2.05, 4.69) is 91.0 Å². The number of nitrogens with zero attached hydrogens (tertiary/aromatic N) is 3. The van der Waals surface area contributed by atoms with Crippen molar-refractivity contribution in [1.82, 2.24) is 13.7 Å². The van der Waals surface area contributed by atoms with E-state index in [1.807, 2.05) is 58.5 Å². The number of rotatable bonds is 30. The van der Waals surface area contributed by atoms with Gasteiger partial charge in [0.25, 0.3) is 0 Å². The van der Waals surface area contributed by atoms with Crippen LogP contribution in [0.15, 0.2) is 30.5 Å². The second-order valence-corrected chi connectivity index (χ2v) is 27.5. The smallest absolute Gasteiger partial charge is 0.140 e. The Balaban J connectivity index is 0.000000619. The number of ether oxygens (including phenoxy) is 2. The van der Waals surface area contributed by atoms with Crippen LogP contribution in [-0.4, -0.2) is 13.7 Å². The SMILES string of the molecule is CCCC(C)CCCC(C)C.CCCCCCCCCCCCC1(CCCCCCCCCCCC)Oc2cc(-c3cc4c(s3)-c3sc(C)cc3OC4(C)C)sc2-c2sc(-c3cnc(C)c4nsnc34)cc21. The molecule has 72 heavy (non-hydrogen) atoms. The molecule has 5 nitrogen and oxygen atoms in total. The molecule has 10 heteroatoms. The van der Waals surface area contributed by atoms with Gasteiger partial charge in [-0.15, -0.1) is 45.3 Å². The van der Waals surface area contributed by atoms with Gasteiger partial charge in [-0.3, -0.25) is 4.98 Å². The number of thiophene rings is 4. The lowest BCUT2D eigenvalue weighted by Gasteiger charge is -2.38. The zero-order chi connectivity index (χ0) is 51.1. The third-order valence-corrected chi connectivity index (χ3v) is 20.8. The van der Waals surface area contributed by atoms with Gasteiger partial charge in [-0.2, -0.15) is 8.75 Å². The molecule has 2 aliphatic rings. The van der Waals surface area contributed by atoms with Crippen LogP contribution in [0.1, 0.15) is 250 Å². The summed E-state index contributed by atoms with van der Waals surface area (Å²) < 4.78 is 23.7. The predicted octanol–water partition coefficient (Wildman–Crippen LogP) is 22.7. The van der Waals surface area contributed by atoms with Crippen molar-refractivity contribution in [2.45, 2.75) is 254 Å². The Kier molecular flexibility index (Phi) is 22.2. The molecule has 8 heterocycles. The van der Waals surface area contributed by atoms with Gasteiger partial charge >= 0.3 is 0 Å². The third-order valence-electron chi connectivity index (χ3n) is 15.3. The Labute approximate surface area is 457 Å². The van der Waals surface area contributed by atoms with E-state index in [9.17, 15) is 0 Å². The van der Waals surface area contributed by atoms with Crippen molar-refractivity contribution < 1.29 is 9.47 Å². The van der Waals surface area contributed by atoms with Gasteiger partial charge in [-0.05, 0) is 83.4 Å². The van der Waals surface area contributed by atoms with Crippen molar-refractivity contribution in [3.05, 3.63) is 52.2 Å². The summed E-state index contributed by atoms with van der Waals surface area (Å²) in [5, 5.41) is 0. The van der Waals surface area contributed by atoms with Gasteiger partial charge in [-0.1, -0.05) is 189 Å². The van der Waals surface area contributed by atoms with Crippen molar-refractivity contribution in [2.24, 2.45) is 11.8 Å². The number of pyridine rings is 1. The summed E-state index contributed by atoms with van der Waals surface area (Å²) in [7, 11) is 0. The first-order chi connectivity index (χ1) is 34.9. The fraction of sp³-hybridized carbons (Fsp3) is 0.661. The number of hydrogen-bond acceptors (Lipinski definition) is 10. The highest BCUT2D eigenvalue weighted by Gasteiger charge is 2.44. The number of hydrogen-bond donors (Lipinski definition) is 0. The Hall–Kier alpha value is -2.63. The molecule has 0 saturated carbocycles. The third kappa shape index (κ3) is 14.8. The molecule has 0 N–H and O–H groups in total. The molecule has 6 aromatic heterocycles. The molecule has 0 aliphatic carbocycles. The lowest BCUT2D eigenvalue weighted by molar-refractivity contribution is 0.0398. The molecule has 0 radical (unpaired) electrons. The molecule has 0 saturated heterocycles. The van der Waals surface area contributed by atoms with Crippen LogP contribution in [0.2, 0.25) is 0 Å². The topological polar surface area (TPSA) is 57.1 Å². The van der Waals surface area contributed by atoms with E-state index >= 15 is 0 Å². The summed E-state index contributed by atoms with van der Waals surface area (Å²) in [6, 6.07) is 9.47. The highest BCUT2D eigenvalue weighted by atomic mass is 32.1. The van der Waals surface area contributed by atoms with E-state index in [-0.39, 0.29) is 11.2 Å². The number of aryl methyl sites for hydroxylation is 2. The molecule has 0 spiro atoms. The monoisotopic (exact) mass is 1070 g/mol. The van der Waals surface area contributed by atoms with E-state index in [1.54, 1.807) is 0 Å². The summed E-state index contributed by atoms with van der Waals surface area (Å²) in [6.07, 6.45) is 37.9. The van der Waals surface area contributed by atoms with E-state index in [0.29, 0.717) is 0 Å². The molecule has 2 aliphatic heterocycles. The van der Waals surface area contributed by atoms with E-state index in [4.69, 9.17) is 18.8 Å². The molecule has 0 bridgehead atoms. The highest BCUT2D eigenvalue weighted by molar-refractivity contribution is 7.29. The minimum atomic E-state index is -0.384. The van der Waals surface area contributed by atoms with E-state index in [1.165, 1.54) is 222 Å². The van der Waals surface area contributed by atoms with Crippen LogP contribution in [0.25, 0.3) is 50.7 Å². The van der Waals surface area contributed by atoms with Crippen LogP contribution in [0, 0.1) is 25.7 Å². The maximum atomic E-state index is 7.61. The average molecular weight is 1070 g/mol. The standard InChI is InChI=1S/C51H67N3O2S5.C11H24/c1-7-9-11-13-15-17-19-21-23-25-27-51(28-26-24-22-20-18-16-14-12-10-8-2)38-31-41(36-33-52-35(4)44-45(36)54-61-53-44)58-47(38)49-40(56-51)32-43(60-49)42-30-37-46(59-42)48-39(29-34(3)57-48)55-50(37,5)6;1-5-7-11(4)9-6-8-10(2)3/h29-33H,7-28H2,1-6H3;10-11H,5-9H2,1-4H3. The van der Waals surface area contributed by atoms with Crippen molar-refractivity contribution in [2.75, 3.05) is 0 Å². The zero-order valence-electron chi connectivity index (χ0n) is 46.3. The predicted molar refractivity (Wildman–Crippen MR) is 320 cm³/mol. The Morgan fingerprint density at radius 1 is 0.500 bits per heavy atom. The first kappa shape index (κ1) is 57.1. The summed E-state index contributed by atoms with van der Waals surface area (Å²) >= 11 is 8.88. The van der Waals surface area contributed by atoms with Gasteiger partial charge in [0.2, 0.25) is 0 Å². The molecule has 1 atom stereocenters. The maximum absolute atomic E-state index is 7.61. The molecule has 1 unspecified atom stereocenters. The van der Waals surface area contributed by atoms with Crippen molar-refractivity contribution >= 4 is 68.1 Å². The van der Waals surface area contributed by atoms with Crippen LogP contribution in [-0.2, 0) is 11.2 Å². The fourth-order valence-electron chi connectivity index (χ4n) is 11.1. The highest BCUT2D eigenvalue weighted by Crippen LogP contribution is 2.60. The van der Waals surface area contributed by atoms with Crippen molar-refractivity contribution in [3.8, 4) is 51.2 Å². The summed E-state index contributed by atoms with van der Waals surface area (Å²) in [6.45, 7) is 22.5. The van der Waals surface area contributed by atoms with Crippen molar-refractivity contribution in [1.29, 1.82) is 0 Å². The van der Waals surface area contributed by atoms with Crippen LogP contribution in [0.5, 0.6) is 11.5 Å². The largest absolute Gasteiger partial charge is 0.482 e. The van der Waals surface area contributed by atoms with Crippen molar-refractivity contribution in [3.63, 3.8) is 0 Å². The molecule has 8 rings (SSSR count).